The van der Waals surface area contributed by atoms with Crippen LogP contribution in [0.2, 0.25) is 0 Å². The molecule has 2 heterocycles. The number of hydrogen-bond donors (Lipinski definition) is 2. The molecule has 2 aliphatic heterocycles. The van der Waals surface area contributed by atoms with Crippen molar-refractivity contribution in [3.05, 3.63) is 29.3 Å². The van der Waals surface area contributed by atoms with Crippen LogP contribution >= 0.6 is 0 Å². The van der Waals surface area contributed by atoms with Crippen LogP contribution in [0.4, 0.5) is 4.79 Å². The summed E-state index contributed by atoms with van der Waals surface area (Å²) < 4.78 is 27.5. The Morgan fingerprint density at radius 3 is 2.46 bits per heavy atom. The van der Waals surface area contributed by atoms with E-state index < -0.39 is 16.1 Å². The highest BCUT2D eigenvalue weighted by atomic mass is 32.2. The van der Waals surface area contributed by atoms with Gasteiger partial charge in [-0.15, -0.1) is 0 Å². The van der Waals surface area contributed by atoms with Crippen LogP contribution in [-0.2, 0) is 14.8 Å². The Kier molecular flexibility index (Phi) is 6.07. The first-order valence-electron chi connectivity index (χ1n) is 9.77. The Hall–Kier alpha value is -1.97. The van der Waals surface area contributed by atoms with Crippen molar-refractivity contribution in [3.63, 3.8) is 0 Å². The van der Waals surface area contributed by atoms with Gasteiger partial charge in [0.05, 0.1) is 31.1 Å². The Balaban J connectivity index is 1.61. The molecule has 3 amide bonds. The summed E-state index contributed by atoms with van der Waals surface area (Å²) in [6.45, 7) is 7.85. The summed E-state index contributed by atoms with van der Waals surface area (Å²) in [6, 6.07) is 4.58. The fraction of sp³-hybridized carbons (Fsp3) is 0.579. The largest absolute Gasteiger partial charge is 0.329 e. The number of aryl methyl sites for hydroxylation is 2. The van der Waals surface area contributed by atoms with Crippen molar-refractivity contribution in [1.29, 1.82) is 0 Å². The maximum Gasteiger partial charge on any atom is 0.329 e. The van der Waals surface area contributed by atoms with E-state index in [2.05, 4.69) is 5.32 Å². The molecule has 8 nitrogen and oxygen atoms in total. The minimum atomic E-state index is -3.54. The molecule has 0 aromatic heterocycles. The van der Waals surface area contributed by atoms with Crippen LogP contribution in [0.3, 0.4) is 0 Å². The lowest BCUT2D eigenvalue weighted by Gasteiger charge is -2.33. The lowest BCUT2D eigenvalue weighted by atomic mass is 10.2. The number of sulfonamides is 1. The smallest absolute Gasteiger partial charge is 0.326 e. The van der Waals surface area contributed by atoms with Crippen LogP contribution in [-0.4, -0.2) is 68.5 Å². The van der Waals surface area contributed by atoms with E-state index in [0.717, 1.165) is 22.4 Å². The summed E-state index contributed by atoms with van der Waals surface area (Å²) in [7, 11) is -3.54. The van der Waals surface area contributed by atoms with Gasteiger partial charge in [-0.05, 0) is 31.9 Å². The van der Waals surface area contributed by atoms with Crippen LogP contribution in [0.1, 0.15) is 30.9 Å². The van der Waals surface area contributed by atoms with Gasteiger partial charge >= 0.3 is 6.03 Å². The second-order valence-electron chi connectivity index (χ2n) is 7.64. The predicted octanol–water partition coefficient (Wildman–Crippen LogP) is -0.129. The topological polar surface area (TPSA) is 91.2 Å². The van der Waals surface area contributed by atoms with Gasteiger partial charge in [0.15, 0.2) is 6.67 Å². The Morgan fingerprint density at radius 1 is 1.18 bits per heavy atom. The van der Waals surface area contributed by atoms with Gasteiger partial charge in [0.25, 0.3) is 5.91 Å². The second kappa shape index (κ2) is 8.18. The van der Waals surface area contributed by atoms with Gasteiger partial charge in [0.1, 0.15) is 6.04 Å². The molecule has 2 aliphatic rings. The summed E-state index contributed by atoms with van der Waals surface area (Å²) >= 11 is 0. The van der Waals surface area contributed by atoms with Crippen LogP contribution < -0.4 is 10.2 Å². The van der Waals surface area contributed by atoms with E-state index >= 15 is 0 Å². The summed E-state index contributed by atoms with van der Waals surface area (Å²) in [5, 5.41) is 2.73. The minimum Gasteiger partial charge on any atom is -0.326 e. The van der Waals surface area contributed by atoms with Crippen LogP contribution in [0, 0.1) is 13.8 Å². The molecule has 0 bridgehead atoms. The van der Waals surface area contributed by atoms with E-state index in [9.17, 15) is 18.0 Å². The molecule has 1 aromatic carbocycles. The summed E-state index contributed by atoms with van der Waals surface area (Å²) in [4.78, 5) is 27.1. The first kappa shape index (κ1) is 20.8. The normalized spacial score (nSPS) is 22.0. The van der Waals surface area contributed by atoms with Gasteiger partial charge < -0.3 is 10.2 Å². The molecule has 3 rings (SSSR count). The van der Waals surface area contributed by atoms with Crippen molar-refractivity contribution >= 4 is 22.0 Å². The molecule has 0 radical (unpaired) electrons. The number of piperazine rings is 1. The molecule has 0 saturated carbocycles. The van der Waals surface area contributed by atoms with Crippen molar-refractivity contribution < 1.29 is 22.9 Å². The third kappa shape index (κ3) is 4.06. The first-order valence-corrected chi connectivity index (χ1v) is 11.2. The van der Waals surface area contributed by atoms with Crippen molar-refractivity contribution in [2.24, 2.45) is 0 Å². The number of rotatable bonds is 6. The monoisotopic (exact) mass is 409 g/mol. The van der Waals surface area contributed by atoms with Gasteiger partial charge in [-0.3, -0.25) is 4.79 Å². The van der Waals surface area contributed by atoms with Crippen molar-refractivity contribution in [2.75, 3.05) is 32.8 Å². The molecule has 2 saturated heterocycles. The zero-order chi connectivity index (χ0) is 20.5. The number of benzene rings is 1. The molecular formula is C19H29N4O4S+. The van der Waals surface area contributed by atoms with E-state index in [1.54, 1.807) is 6.07 Å². The highest BCUT2D eigenvalue weighted by Crippen LogP contribution is 2.21. The SMILES string of the molecule is CCC[C@H]1NC(=O)N(C[NH+]2CCN(S(=O)(=O)c3ccc(C)cc3C)CC2)C1=O. The van der Waals surface area contributed by atoms with Crippen molar-refractivity contribution in [1.82, 2.24) is 14.5 Å². The standard InChI is InChI=1S/C19H28N4O4S/c1-4-5-16-18(24)23(19(25)20-16)13-21-8-10-22(11-9-21)28(26,27)17-7-6-14(2)12-15(17)3/h6-7,12,16H,4-5,8-11,13H2,1-3H3,(H,20,25)/p+1/t16-/m1/s1. The van der Waals surface area contributed by atoms with Crippen LogP contribution in [0.25, 0.3) is 0 Å². The summed E-state index contributed by atoms with van der Waals surface area (Å²) in [5.74, 6) is -0.176. The number of amides is 3. The van der Waals surface area contributed by atoms with E-state index in [4.69, 9.17) is 0 Å². The number of nitrogens with one attached hydrogen (secondary N) is 2. The molecule has 1 aromatic rings. The Labute approximate surface area is 166 Å². The predicted molar refractivity (Wildman–Crippen MR) is 104 cm³/mol. The van der Waals surface area contributed by atoms with Gasteiger partial charge in [-0.25, -0.2) is 18.1 Å². The minimum absolute atomic E-state index is 0.176. The number of hydrogen-bond acceptors (Lipinski definition) is 4. The molecule has 2 fully saturated rings. The van der Waals surface area contributed by atoms with Gasteiger partial charge in [-0.2, -0.15) is 4.31 Å². The van der Waals surface area contributed by atoms with Crippen LogP contribution in [0.5, 0.6) is 0 Å². The van der Waals surface area contributed by atoms with E-state index in [-0.39, 0.29) is 18.6 Å². The quantitative estimate of drug-likeness (QED) is 0.641. The number of quaternary nitrogens is 1. The molecule has 2 N–H and O–H groups in total. The molecule has 1 atom stereocenters. The van der Waals surface area contributed by atoms with Crippen molar-refractivity contribution in [2.45, 2.75) is 44.6 Å². The maximum absolute atomic E-state index is 13.0. The highest BCUT2D eigenvalue weighted by Gasteiger charge is 2.40. The number of imide groups is 1. The number of carbonyl (C=O) groups excluding carboxylic acids is 2. The molecule has 0 spiro atoms. The average molecular weight is 410 g/mol. The Bertz CT molecular complexity index is 863. The highest BCUT2D eigenvalue weighted by molar-refractivity contribution is 7.89. The molecule has 0 aliphatic carbocycles. The molecule has 0 unspecified atom stereocenters. The lowest BCUT2D eigenvalue weighted by molar-refractivity contribution is -0.910. The lowest BCUT2D eigenvalue weighted by Crippen LogP contribution is -3.16. The maximum atomic E-state index is 13.0. The average Bonchev–Trinajstić information content (AvgIpc) is 2.90. The van der Waals surface area contributed by atoms with Gasteiger partial charge in [0.2, 0.25) is 10.0 Å². The molecule has 154 valence electrons. The van der Waals surface area contributed by atoms with Gasteiger partial charge in [-0.1, -0.05) is 31.0 Å². The molecule has 9 heteroatoms. The van der Waals surface area contributed by atoms with E-state index in [1.807, 2.05) is 32.9 Å². The fourth-order valence-electron chi connectivity index (χ4n) is 3.86. The third-order valence-corrected chi connectivity index (χ3v) is 7.50. The van der Waals surface area contributed by atoms with E-state index in [0.29, 0.717) is 37.5 Å². The number of carbonyl (C=O) groups is 2. The third-order valence-electron chi connectivity index (χ3n) is 5.44. The van der Waals surface area contributed by atoms with Gasteiger partial charge in [0, 0.05) is 0 Å². The van der Waals surface area contributed by atoms with Crippen LogP contribution in [0.15, 0.2) is 23.1 Å². The Morgan fingerprint density at radius 2 is 1.86 bits per heavy atom. The second-order valence-corrected chi connectivity index (χ2v) is 9.54. The zero-order valence-electron chi connectivity index (χ0n) is 16.7. The molecule has 28 heavy (non-hydrogen) atoms. The first-order chi connectivity index (χ1) is 13.2. The molecular weight excluding hydrogens is 380 g/mol. The van der Waals surface area contributed by atoms with E-state index in [1.165, 1.54) is 9.21 Å². The summed E-state index contributed by atoms with van der Waals surface area (Å²) in [5.41, 5.74) is 1.77. The number of urea groups is 1. The zero-order valence-corrected chi connectivity index (χ0v) is 17.5. The fourth-order valence-corrected chi connectivity index (χ4v) is 5.51. The summed E-state index contributed by atoms with van der Waals surface area (Å²) in [6.07, 6.45) is 1.46. The number of nitrogens with zero attached hydrogens (tertiary/aromatic N) is 2. The van der Waals surface area contributed by atoms with Crippen molar-refractivity contribution in [3.8, 4) is 0 Å².